The van der Waals surface area contributed by atoms with E-state index in [0.717, 1.165) is 0 Å². The molecule has 16 heavy (non-hydrogen) atoms. The summed E-state index contributed by atoms with van der Waals surface area (Å²) in [6.45, 7) is 5.77. The van der Waals surface area contributed by atoms with Gasteiger partial charge in [0.2, 0.25) is 0 Å². The highest BCUT2D eigenvalue weighted by molar-refractivity contribution is 5.86. The molecule has 0 rings (SSSR count). The largest absolute Gasteiger partial charge is 0.472 e. The molecule has 0 saturated heterocycles. The van der Waals surface area contributed by atoms with Gasteiger partial charge >= 0.3 is 12.1 Å². The van der Waals surface area contributed by atoms with E-state index in [2.05, 4.69) is 11.2 Å². The Bertz CT molecular complexity index is 306. The predicted octanol–water partition coefficient (Wildman–Crippen LogP) is 1.38. The summed E-state index contributed by atoms with van der Waals surface area (Å²) in [5, 5.41) is 10.8. The van der Waals surface area contributed by atoms with E-state index in [9.17, 15) is 9.59 Å². The molecular formula is C11H17NO4. The number of carbonyl (C=O) groups is 2. The van der Waals surface area contributed by atoms with Crippen LogP contribution in [0.2, 0.25) is 0 Å². The maximum absolute atomic E-state index is 11.1. The lowest BCUT2D eigenvalue weighted by Crippen LogP contribution is -2.32. The topological polar surface area (TPSA) is 75.6 Å². The third-order valence-electron chi connectivity index (χ3n) is 1.34. The number of unbranched alkanes of at least 4 members (excludes halogenated alkanes) is 1. The van der Waals surface area contributed by atoms with E-state index in [4.69, 9.17) is 9.84 Å². The Morgan fingerprint density at radius 3 is 2.50 bits per heavy atom. The van der Waals surface area contributed by atoms with Crippen molar-refractivity contribution in [2.24, 2.45) is 0 Å². The molecule has 0 aliphatic rings. The molecule has 5 heteroatoms. The van der Waals surface area contributed by atoms with Crippen molar-refractivity contribution in [3.63, 3.8) is 0 Å². The molecule has 1 amide bonds. The first-order chi connectivity index (χ1) is 7.31. The highest BCUT2D eigenvalue weighted by atomic mass is 16.6. The number of hydrogen-bond acceptors (Lipinski definition) is 3. The van der Waals surface area contributed by atoms with Gasteiger partial charge in [-0.2, -0.15) is 0 Å². The summed E-state index contributed by atoms with van der Waals surface area (Å²) in [5.74, 6) is 3.32. The Balaban J connectivity index is 3.58. The van der Waals surface area contributed by atoms with Gasteiger partial charge in [-0.25, -0.2) is 9.59 Å². The molecule has 0 heterocycles. The number of rotatable bonds is 3. The molecule has 5 nitrogen and oxygen atoms in total. The van der Waals surface area contributed by atoms with Crippen LogP contribution in [0.15, 0.2) is 0 Å². The van der Waals surface area contributed by atoms with E-state index in [1.807, 2.05) is 5.92 Å². The van der Waals surface area contributed by atoms with Gasteiger partial charge in [0.25, 0.3) is 0 Å². The summed E-state index contributed by atoms with van der Waals surface area (Å²) in [6.07, 6.45) is 0.556. The number of carbonyl (C=O) groups excluding carboxylic acids is 1. The van der Waals surface area contributed by atoms with Gasteiger partial charge in [0.1, 0.15) is 5.60 Å². The van der Waals surface area contributed by atoms with Gasteiger partial charge in [0.15, 0.2) is 0 Å². The number of nitrogens with one attached hydrogen (secondary N) is 1. The first-order valence-corrected chi connectivity index (χ1v) is 5.00. The minimum Gasteiger partial charge on any atom is -0.472 e. The first kappa shape index (κ1) is 14.3. The summed E-state index contributed by atoms with van der Waals surface area (Å²) >= 11 is 0. The lowest BCUT2D eigenvalue weighted by atomic mass is 10.2. The summed E-state index contributed by atoms with van der Waals surface area (Å²) in [6, 6.07) is 0. The third-order valence-corrected chi connectivity index (χ3v) is 1.34. The normalized spacial score (nSPS) is 9.94. The van der Waals surface area contributed by atoms with Gasteiger partial charge in [0.05, 0.1) is 0 Å². The van der Waals surface area contributed by atoms with Crippen LogP contribution in [0, 0.1) is 11.8 Å². The van der Waals surface area contributed by atoms with Gasteiger partial charge in [-0.05, 0) is 27.2 Å². The monoisotopic (exact) mass is 227 g/mol. The van der Waals surface area contributed by atoms with E-state index >= 15 is 0 Å². The van der Waals surface area contributed by atoms with Crippen molar-refractivity contribution in [3.8, 4) is 11.8 Å². The fraction of sp³-hybridized carbons (Fsp3) is 0.636. The number of amides is 1. The zero-order valence-corrected chi connectivity index (χ0v) is 9.79. The van der Waals surface area contributed by atoms with E-state index in [1.165, 1.54) is 0 Å². The number of aliphatic carboxylic acids is 1. The maximum Gasteiger partial charge on any atom is 0.407 e. The van der Waals surface area contributed by atoms with E-state index in [1.54, 1.807) is 20.8 Å². The number of hydrogen-bond donors (Lipinski definition) is 2. The highest BCUT2D eigenvalue weighted by Crippen LogP contribution is 2.06. The fourth-order valence-electron chi connectivity index (χ4n) is 0.820. The number of ether oxygens (including phenoxy) is 1. The second-order valence-corrected chi connectivity index (χ2v) is 4.14. The van der Waals surface area contributed by atoms with Crippen LogP contribution in [0.1, 0.15) is 33.6 Å². The van der Waals surface area contributed by atoms with Crippen molar-refractivity contribution in [1.29, 1.82) is 0 Å². The molecule has 2 N–H and O–H groups in total. The predicted molar refractivity (Wildman–Crippen MR) is 58.9 cm³/mol. The zero-order chi connectivity index (χ0) is 12.6. The average Bonchev–Trinajstić information content (AvgIpc) is 2.07. The van der Waals surface area contributed by atoms with E-state index in [-0.39, 0.29) is 0 Å². The van der Waals surface area contributed by atoms with Crippen LogP contribution < -0.4 is 5.32 Å². The number of alkyl carbamates (subject to hydrolysis) is 1. The van der Waals surface area contributed by atoms with Gasteiger partial charge in [-0.3, -0.25) is 0 Å². The Kier molecular flexibility index (Phi) is 6.01. The van der Waals surface area contributed by atoms with Crippen LogP contribution in [0.5, 0.6) is 0 Å². The Morgan fingerprint density at radius 2 is 2.00 bits per heavy atom. The highest BCUT2D eigenvalue weighted by Gasteiger charge is 2.15. The molecule has 0 aliphatic heterocycles. The molecular weight excluding hydrogens is 210 g/mol. The quantitative estimate of drug-likeness (QED) is 0.564. The van der Waals surface area contributed by atoms with Crippen LogP contribution in [0.25, 0.3) is 0 Å². The van der Waals surface area contributed by atoms with E-state index < -0.39 is 17.7 Å². The molecule has 0 aromatic carbocycles. The van der Waals surface area contributed by atoms with Crippen molar-refractivity contribution in [2.45, 2.75) is 39.2 Å². The summed E-state index contributed by atoms with van der Waals surface area (Å²) in [5.41, 5.74) is -0.507. The first-order valence-electron chi connectivity index (χ1n) is 5.00. The van der Waals surface area contributed by atoms with Crippen molar-refractivity contribution >= 4 is 12.1 Å². The van der Waals surface area contributed by atoms with Crippen molar-refractivity contribution in [2.75, 3.05) is 6.54 Å². The van der Waals surface area contributed by atoms with Crippen LogP contribution in [0.3, 0.4) is 0 Å². The number of carboxylic acids is 1. The van der Waals surface area contributed by atoms with Crippen LogP contribution in [0.4, 0.5) is 4.79 Å². The Hall–Kier alpha value is -1.70. The standard InChI is InChI=1S/C11H17NO4/c1-11(2,3)16-10(15)12-8-6-4-5-7-9(13)14/h4,6,8H2,1-3H3,(H,12,15)(H,13,14). The molecule has 0 bridgehead atoms. The summed E-state index contributed by atoms with van der Waals surface area (Å²) in [4.78, 5) is 21.2. The zero-order valence-electron chi connectivity index (χ0n) is 9.79. The molecule has 0 atom stereocenters. The molecule has 0 aromatic heterocycles. The average molecular weight is 227 g/mol. The molecule has 0 aliphatic carbocycles. The van der Waals surface area contributed by atoms with Crippen LogP contribution >= 0.6 is 0 Å². The van der Waals surface area contributed by atoms with Gasteiger partial charge in [-0.1, -0.05) is 5.92 Å². The second-order valence-electron chi connectivity index (χ2n) is 4.14. The molecule has 0 aromatic rings. The van der Waals surface area contributed by atoms with Crippen molar-refractivity contribution < 1.29 is 19.4 Å². The minimum atomic E-state index is -1.14. The minimum absolute atomic E-state index is 0.420. The smallest absolute Gasteiger partial charge is 0.407 e. The van der Waals surface area contributed by atoms with Crippen LogP contribution in [-0.4, -0.2) is 29.3 Å². The third kappa shape index (κ3) is 10.4. The van der Waals surface area contributed by atoms with Crippen LogP contribution in [-0.2, 0) is 9.53 Å². The fourth-order valence-corrected chi connectivity index (χ4v) is 0.820. The Labute approximate surface area is 95.2 Å². The van der Waals surface area contributed by atoms with Gasteiger partial charge < -0.3 is 15.2 Å². The maximum atomic E-state index is 11.1. The molecule has 0 spiro atoms. The molecule has 0 radical (unpaired) electrons. The van der Waals surface area contributed by atoms with Gasteiger partial charge in [0, 0.05) is 18.9 Å². The van der Waals surface area contributed by atoms with Gasteiger partial charge in [-0.15, -0.1) is 0 Å². The molecule has 90 valence electrons. The Morgan fingerprint density at radius 1 is 1.38 bits per heavy atom. The summed E-state index contributed by atoms with van der Waals surface area (Å²) < 4.78 is 5.00. The molecule has 0 fully saturated rings. The van der Waals surface area contributed by atoms with Crippen molar-refractivity contribution in [1.82, 2.24) is 5.32 Å². The second kappa shape index (κ2) is 6.72. The summed E-state index contributed by atoms with van der Waals surface area (Å²) in [7, 11) is 0. The lowest BCUT2D eigenvalue weighted by Gasteiger charge is -2.19. The van der Waals surface area contributed by atoms with Crippen molar-refractivity contribution in [3.05, 3.63) is 0 Å². The molecule has 0 saturated carbocycles. The SMILES string of the molecule is CC(C)(C)OC(=O)NCCCC#CC(=O)O. The van der Waals surface area contributed by atoms with E-state index in [0.29, 0.717) is 19.4 Å². The number of carboxylic acid groups (broad SMARTS) is 1. The lowest BCUT2D eigenvalue weighted by molar-refractivity contribution is -0.130. The molecule has 0 unspecified atom stereocenters.